The minimum atomic E-state index is -0.402. The summed E-state index contributed by atoms with van der Waals surface area (Å²) in [6.45, 7) is 2.62. The largest absolute Gasteiger partial charge is 0.450 e. The number of alkyl carbamates (subject to hydrolysis) is 1. The Hall–Kier alpha value is -2.11. The summed E-state index contributed by atoms with van der Waals surface area (Å²) in [5.74, 6) is 0.817. The van der Waals surface area contributed by atoms with Crippen molar-refractivity contribution in [1.29, 1.82) is 0 Å². The second kappa shape index (κ2) is 5.29. The first-order valence-electron chi connectivity index (χ1n) is 5.50. The van der Waals surface area contributed by atoms with E-state index in [4.69, 9.17) is 4.74 Å². The third-order valence-corrected chi connectivity index (χ3v) is 2.28. The Labute approximate surface area is 98.6 Å². The fourth-order valence-electron chi connectivity index (χ4n) is 1.52. The predicted molar refractivity (Wildman–Crippen MR) is 61.7 cm³/mol. The van der Waals surface area contributed by atoms with E-state index in [-0.39, 0.29) is 0 Å². The molecule has 0 aromatic carbocycles. The molecule has 0 radical (unpaired) electrons. The smallest absolute Gasteiger partial charge is 0.407 e. The number of ether oxygens (including phenoxy) is 1. The van der Waals surface area contributed by atoms with Crippen LogP contribution in [0, 0.1) is 0 Å². The van der Waals surface area contributed by atoms with Crippen molar-refractivity contribution in [3.05, 3.63) is 30.2 Å². The van der Waals surface area contributed by atoms with Crippen LogP contribution in [0.5, 0.6) is 0 Å². The number of pyridine rings is 1. The fraction of sp³-hybridized carbons (Fsp3) is 0.364. The number of hydrogen-bond acceptors (Lipinski definition) is 4. The number of aromatic nitrogens is 3. The topological polar surface area (TPSA) is 68.5 Å². The molecule has 0 saturated heterocycles. The molecule has 0 atom stereocenters. The zero-order valence-corrected chi connectivity index (χ0v) is 9.59. The third kappa shape index (κ3) is 2.72. The van der Waals surface area contributed by atoms with Crippen LogP contribution < -0.4 is 5.32 Å². The summed E-state index contributed by atoms with van der Waals surface area (Å²) in [5, 5.41) is 10.7. The lowest BCUT2D eigenvalue weighted by Gasteiger charge is -2.03. The normalized spacial score (nSPS) is 10.4. The predicted octanol–water partition coefficient (Wildman–Crippen LogP) is 1.02. The molecule has 0 saturated carbocycles. The first kappa shape index (κ1) is 11.4. The first-order valence-corrected chi connectivity index (χ1v) is 5.50. The molecular weight excluding hydrogens is 220 g/mol. The van der Waals surface area contributed by atoms with Crippen molar-refractivity contribution in [3.8, 4) is 0 Å². The maximum Gasteiger partial charge on any atom is 0.407 e. The molecule has 6 nitrogen and oxygen atoms in total. The van der Waals surface area contributed by atoms with Crippen LogP contribution in [0.4, 0.5) is 4.79 Å². The molecule has 1 amide bonds. The average Bonchev–Trinajstić information content (AvgIpc) is 2.73. The monoisotopic (exact) mass is 234 g/mol. The van der Waals surface area contributed by atoms with E-state index in [0.29, 0.717) is 19.6 Å². The molecule has 0 fully saturated rings. The van der Waals surface area contributed by atoms with Crippen molar-refractivity contribution in [2.45, 2.75) is 13.3 Å². The zero-order valence-electron chi connectivity index (χ0n) is 9.59. The molecule has 2 aromatic heterocycles. The molecule has 1 N–H and O–H groups in total. The number of amides is 1. The van der Waals surface area contributed by atoms with Crippen LogP contribution in [0.15, 0.2) is 24.4 Å². The summed E-state index contributed by atoms with van der Waals surface area (Å²) in [5.41, 5.74) is 0.804. The maximum absolute atomic E-state index is 11.1. The minimum Gasteiger partial charge on any atom is -0.450 e. The standard InChI is InChI=1S/C11H14N4O2/c1-2-17-11(16)12-7-6-10-14-13-9-5-3-4-8-15(9)10/h3-5,8H,2,6-7H2,1H3,(H,12,16). The van der Waals surface area contributed by atoms with E-state index in [9.17, 15) is 4.79 Å². The van der Waals surface area contributed by atoms with Crippen molar-refractivity contribution in [1.82, 2.24) is 19.9 Å². The number of hydrogen-bond donors (Lipinski definition) is 1. The van der Waals surface area contributed by atoms with E-state index in [0.717, 1.165) is 11.5 Å². The van der Waals surface area contributed by atoms with Crippen molar-refractivity contribution < 1.29 is 9.53 Å². The van der Waals surface area contributed by atoms with Crippen molar-refractivity contribution in [2.24, 2.45) is 0 Å². The Kier molecular flexibility index (Phi) is 3.54. The highest BCUT2D eigenvalue weighted by Crippen LogP contribution is 2.02. The lowest BCUT2D eigenvalue weighted by atomic mass is 10.4. The molecule has 0 spiro atoms. The van der Waals surface area contributed by atoms with E-state index < -0.39 is 6.09 Å². The van der Waals surface area contributed by atoms with Gasteiger partial charge in [-0.05, 0) is 19.1 Å². The highest BCUT2D eigenvalue weighted by atomic mass is 16.5. The van der Waals surface area contributed by atoms with Crippen LogP contribution in [0.25, 0.3) is 5.65 Å². The molecule has 0 aliphatic carbocycles. The number of nitrogens with one attached hydrogen (secondary N) is 1. The first-order chi connectivity index (χ1) is 8.31. The number of fused-ring (bicyclic) bond motifs is 1. The minimum absolute atomic E-state index is 0.375. The van der Waals surface area contributed by atoms with E-state index >= 15 is 0 Å². The highest BCUT2D eigenvalue weighted by Gasteiger charge is 2.05. The number of carbonyl (C=O) groups is 1. The highest BCUT2D eigenvalue weighted by molar-refractivity contribution is 5.66. The fourth-order valence-corrected chi connectivity index (χ4v) is 1.52. The van der Waals surface area contributed by atoms with Gasteiger partial charge in [-0.3, -0.25) is 4.40 Å². The SMILES string of the molecule is CCOC(=O)NCCc1nnc2ccccn12. The van der Waals surface area contributed by atoms with Crippen molar-refractivity contribution in [2.75, 3.05) is 13.2 Å². The van der Waals surface area contributed by atoms with Crippen LogP contribution >= 0.6 is 0 Å². The van der Waals surface area contributed by atoms with Gasteiger partial charge in [-0.1, -0.05) is 6.07 Å². The maximum atomic E-state index is 11.1. The van der Waals surface area contributed by atoms with Gasteiger partial charge in [0.1, 0.15) is 5.82 Å². The lowest BCUT2D eigenvalue weighted by Crippen LogP contribution is -2.26. The Morgan fingerprint density at radius 2 is 2.35 bits per heavy atom. The van der Waals surface area contributed by atoms with Gasteiger partial charge in [0.2, 0.25) is 0 Å². The van der Waals surface area contributed by atoms with Gasteiger partial charge < -0.3 is 10.1 Å². The molecule has 0 aliphatic heterocycles. The van der Waals surface area contributed by atoms with E-state index in [1.54, 1.807) is 6.92 Å². The Morgan fingerprint density at radius 1 is 1.47 bits per heavy atom. The van der Waals surface area contributed by atoms with Gasteiger partial charge >= 0.3 is 6.09 Å². The number of rotatable bonds is 4. The third-order valence-electron chi connectivity index (χ3n) is 2.28. The lowest BCUT2D eigenvalue weighted by molar-refractivity contribution is 0.152. The van der Waals surface area contributed by atoms with Crippen LogP contribution in [0.3, 0.4) is 0 Å². The Bertz CT molecular complexity index is 509. The van der Waals surface area contributed by atoms with Crippen LogP contribution in [-0.2, 0) is 11.2 Å². The number of carbonyl (C=O) groups excluding carboxylic acids is 1. The van der Waals surface area contributed by atoms with Crippen LogP contribution in [-0.4, -0.2) is 33.8 Å². The number of nitrogens with zero attached hydrogens (tertiary/aromatic N) is 3. The summed E-state index contributed by atoms with van der Waals surface area (Å²) >= 11 is 0. The molecular formula is C11H14N4O2. The quantitative estimate of drug-likeness (QED) is 0.857. The van der Waals surface area contributed by atoms with Crippen LogP contribution in [0.2, 0.25) is 0 Å². The van der Waals surface area contributed by atoms with Gasteiger partial charge in [0.15, 0.2) is 5.65 Å². The second-order valence-corrected chi connectivity index (χ2v) is 3.44. The molecule has 2 rings (SSSR count). The molecule has 0 aliphatic rings. The van der Waals surface area contributed by atoms with Gasteiger partial charge in [-0.25, -0.2) is 4.79 Å². The van der Waals surface area contributed by atoms with E-state index in [1.165, 1.54) is 0 Å². The van der Waals surface area contributed by atoms with Gasteiger partial charge in [0, 0.05) is 19.2 Å². The van der Waals surface area contributed by atoms with Gasteiger partial charge in [-0.2, -0.15) is 0 Å². The average molecular weight is 234 g/mol. The summed E-state index contributed by atoms with van der Waals surface area (Å²) < 4.78 is 6.65. The van der Waals surface area contributed by atoms with Crippen LogP contribution in [0.1, 0.15) is 12.7 Å². The summed E-state index contributed by atoms with van der Waals surface area (Å²) in [6.07, 6.45) is 2.11. The molecule has 17 heavy (non-hydrogen) atoms. The molecule has 0 bridgehead atoms. The van der Waals surface area contributed by atoms with Crippen molar-refractivity contribution >= 4 is 11.7 Å². The van der Waals surface area contributed by atoms with Gasteiger partial charge in [0.25, 0.3) is 0 Å². The Balaban J connectivity index is 1.93. The summed E-state index contributed by atoms with van der Waals surface area (Å²) in [7, 11) is 0. The second-order valence-electron chi connectivity index (χ2n) is 3.44. The molecule has 0 unspecified atom stereocenters. The molecule has 2 heterocycles. The molecule has 6 heteroatoms. The summed E-state index contributed by atoms with van der Waals surface area (Å²) in [6, 6.07) is 5.71. The summed E-state index contributed by atoms with van der Waals surface area (Å²) in [4.78, 5) is 11.1. The van der Waals surface area contributed by atoms with E-state index in [2.05, 4.69) is 15.5 Å². The van der Waals surface area contributed by atoms with Gasteiger partial charge in [0.05, 0.1) is 6.61 Å². The Morgan fingerprint density at radius 3 is 3.18 bits per heavy atom. The van der Waals surface area contributed by atoms with E-state index in [1.807, 2.05) is 28.8 Å². The van der Waals surface area contributed by atoms with Crippen molar-refractivity contribution in [3.63, 3.8) is 0 Å². The zero-order chi connectivity index (χ0) is 12.1. The molecule has 90 valence electrons. The molecule has 2 aromatic rings. The van der Waals surface area contributed by atoms with Gasteiger partial charge in [-0.15, -0.1) is 10.2 Å².